The molecule has 0 aromatic rings. The third-order valence-corrected chi connectivity index (χ3v) is 1.83. The van der Waals surface area contributed by atoms with Gasteiger partial charge in [0.1, 0.15) is 0 Å². The van der Waals surface area contributed by atoms with E-state index >= 15 is 0 Å². The van der Waals surface area contributed by atoms with Gasteiger partial charge in [0.05, 0.1) is 0 Å². The lowest BCUT2D eigenvalue weighted by Gasteiger charge is -2.01. The van der Waals surface area contributed by atoms with E-state index in [0.29, 0.717) is 6.42 Å². The van der Waals surface area contributed by atoms with Crippen molar-refractivity contribution >= 4 is 5.97 Å². The molecule has 0 bridgehead atoms. The second-order valence-electron chi connectivity index (χ2n) is 3.01. The monoisotopic (exact) mass is 176 g/mol. The second kappa shape index (κ2) is 7.07. The lowest BCUT2D eigenvalue weighted by Crippen LogP contribution is -2.13. The van der Waals surface area contributed by atoms with Crippen LogP contribution in [-0.2, 0) is 4.79 Å². The van der Waals surface area contributed by atoms with Gasteiger partial charge in [0.25, 0.3) is 0 Å². The summed E-state index contributed by atoms with van der Waals surface area (Å²) in [6.07, 6.45) is 3.53. The number of rotatable bonds is 7. The summed E-state index contributed by atoms with van der Waals surface area (Å²) >= 11 is 0. The number of hydrogen-bond acceptors (Lipinski definition) is 1. The highest BCUT2D eigenvalue weighted by molar-refractivity contribution is 5.71. The van der Waals surface area contributed by atoms with Gasteiger partial charge >= 0.3 is 5.97 Å². The molecule has 0 radical (unpaired) electrons. The Bertz CT molecular complexity index is 126. The summed E-state index contributed by atoms with van der Waals surface area (Å²) in [5.74, 6) is -1.33. The predicted octanol–water partition coefficient (Wildman–Crippen LogP) is 2.77. The van der Waals surface area contributed by atoms with Crippen LogP contribution < -0.4 is 0 Å². The minimum absolute atomic E-state index is 0.166. The fraction of sp³-hybridized carbons (Fsp3) is 0.889. The van der Waals surface area contributed by atoms with Crippen LogP contribution in [0, 0.1) is 0 Å². The fourth-order valence-corrected chi connectivity index (χ4v) is 1.05. The van der Waals surface area contributed by atoms with E-state index in [1.807, 2.05) is 0 Å². The van der Waals surface area contributed by atoms with Crippen LogP contribution >= 0.6 is 0 Å². The standard InChI is InChI=1S/C9H17FO2/c1-2-3-4-5-6-7-8(10)9(11)12/h8H,2-7H2,1H3,(H,11,12)/t8-/m0/s1. The van der Waals surface area contributed by atoms with Gasteiger partial charge in [-0.15, -0.1) is 0 Å². The van der Waals surface area contributed by atoms with Crippen LogP contribution in [0.5, 0.6) is 0 Å². The average molecular weight is 176 g/mol. The average Bonchev–Trinajstić information content (AvgIpc) is 2.03. The molecular formula is C9H17FO2. The molecule has 0 spiro atoms. The molecule has 12 heavy (non-hydrogen) atoms. The first-order chi connectivity index (χ1) is 5.68. The van der Waals surface area contributed by atoms with Gasteiger partial charge in [-0.2, -0.15) is 0 Å². The molecule has 0 amide bonds. The molecule has 0 rings (SSSR count). The molecule has 0 aliphatic rings. The maximum Gasteiger partial charge on any atom is 0.338 e. The van der Waals surface area contributed by atoms with Crippen LogP contribution in [0.2, 0.25) is 0 Å². The van der Waals surface area contributed by atoms with E-state index < -0.39 is 12.1 Å². The molecule has 2 nitrogen and oxygen atoms in total. The minimum atomic E-state index is -1.66. The summed E-state index contributed by atoms with van der Waals surface area (Å²) in [4.78, 5) is 10.0. The Morgan fingerprint density at radius 3 is 2.42 bits per heavy atom. The van der Waals surface area contributed by atoms with Crippen molar-refractivity contribution in [3.8, 4) is 0 Å². The normalized spacial score (nSPS) is 12.8. The molecule has 0 saturated carbocycles. The quantitative estimate of drug-likeness (QED) is 0.605. The highest BCUT2D eigenvalue weighted by Crippen LogP contribution is 2.09. The summed E-state index contributed by atoms with van der Waals surface area (Å²) in [7, 11) is 0. The Labute approximate surface area is 72.8 Å². The largest absolute Gasteiger partial charge is 0.479 e. The molecule has 3 heteroatoms. The molecule has 1 N–H and O–H groups in total. The van der Waals surface area contributed by atoms with Crippen molar-refractivity contribution in [3.63, 3.8) is 0 Å². The number of carboxylic acid groups (broad SMARTS) is 1. The first kappa shape index (κ1) is 11.4. The molecule has 0 saturated heterocycles. The van der Waals surface area contributed by atoms with Crippen molar-refractivity contribution in [3.05, 3.63) is 0 Å². The Morgan fingerprint density at radius 1 is 1.33 bits per heavy atom. The number of aliphatic carboxylic acids is 1. The molecular weight excluding hydrogens is 159 g/mol. The van der Waals surface area contributed by atoms with E-state index in [1.54, 1.807) is 0 Å². The topological polar surface area (TPSA) is 37.3 Å². The molecule has 0 aliphatic heterocycles. The van der Waals surface area contributed by atoms with Gasteiger partial charge in [-0.3, -0.25) is 0 Å². The van der Waals surface area contributed by atoms with Gasteiger partial charge in [0, 0.05) is 0 Å². The van der Waals surface area contributed by atoms with Gasteiger partial charge in [0.15, 0.2) is 6.17 Å². The summed E-state index contributed by atoms with van der Waals surface area (Å²) in [6.45, 7) is 2.11. The summed E-state index contributed by atoms with van der Waals surface area (Å²) in [5.41, 5.74) is 0. The Hall–Kier alpha value is -0.600. The molecule has 0 heterocycles. The van der Waals surface area contributed by atoms with Crippen LogP contribution in [0.1, 0.15) is 45.4 Å². The van der Waals surface area contributed by atoms with E-state index in [-0.39, 0.29) is 6.42 Å². The van der Waals surface area contributed by atoms with E-state index in [1.165, 1.54) is 0 Å². The molecule has 0 aliphatic carbocycles. The number of hydrogen-bond donors (Lipinski definition) is 1. The van der Waals surface area contributed by atoms with Crippen molar-refractivity contribution in [2.45, 2.75) is 51.6 Å². The van der Waals surface area contributed by atoms with E-state index in [4.69, 9.17) is 5.11 Å². The number of alkyl halides is 1. The number of halogens is 1. The number of unbranched alkanes of at least 4 members (excludes halogenated alkanes) is 4. The lowest BCUT2D eigenvalue weighted by atomic mass is 10.1. The summed E-state index contributed by atoms with van der Waals surface area (Å²) in [5, 5.41) is 8.21. The second-order valence-corrected chi connectivity index (χ2v) is 3.01. The van der Waals surface area contributed by atoms with E-state index in [0.717, 1.165) is 25.7 Å². The third kappa shape index (κ3) is 6.13. The van der Waals surface area contributed by atoms with Crippen LogP contribution in [0.25, 0.3) is 0 Å². The smallest absolute Gasteiger partial charge is 0.338 e. The van der Waals surface area contributed by atoms with Crippen LogP contribution in [0.4, 0.5) is 4.39 Å². The Balaban J connectivity index is 3.14. The zero-order valence-electron chi connectivity index (χ0n) is 7.55. The van der Waals surface area contributed by atoms with E-state index in [2.05, 4.69) is 6.92 Å². The van der Waals surface area contributed by atoms with Gasteiger partial charge < -0.3 is 5.11 Å². The molecule has 0 fully saturated rings. The molecule has 0 aromatic carbocycles. The van der Waals surface area contributed by atoms with Crippen molar-refractivity contribution in [2.75, 3.05) is 0 Å². The maximum atomic E-state index is 12.4. The Morgan fingerprint density at radius 2 is 1.92 bits per heavy atom. The highest BCUT2D eigenvalue weighted by atomic mass is 19.1. The SMILES string of the molecule is CCCCCCC[C@H](F)C(=O)O. The zero-order valence-corrected chi connectivity index (χ0v) is 7.55. The lowest BCUT2D eigenvalue weighted by molar-refractivity contribution is -0.143. The van der Waals surface area contributed by atoms with Crippen molar-refractivity contribution in [1.82, 2.24) is 0 Å². The van der Waals surface area contributed by atoms with Gasteiger partial charge in [-0.1, -0.05) is 32.6 Å². The first-order valence-corrected chi connectivity index (χ1v) is 4.55. The van der Waals surface area contributed by atoms with Gasteiger partial charge in [-0.05, 0) is 12.8 Å². The van der Waals surface area contributed by atoms with Crippen LogP contribution in [0.15, 0.2) is 0 Å². The number of carboxylic acids is 1. The Kier molecular flexibility index (Phi) is 6.72. The number of carbonyl (C=O) groups is 1. The van der Waals surface area contributed by atoms with Crippen LogP contribution in [0.3, 0.4) is 0 Å². The van der Waals surface area contributed by atoms with Crippen LogP contribution in [-0.4, -0.2) is 17.2 Å². The minimum Gasteiger partial charge on any atom is -0.479 e. The van der Waals surface area contributed by atoms with Crippen molar-refractivity contribution < 1.29 is 14.3 Å². The van der Waals surface area contributed by atoms with Gasteiger partial charge in [0.2, 0.25) is 0 Å². The fourth-order valence-electron chi connectivity index (χ4n) is 1.05. The van der Waals surface area contributed by atoms with E-state index in [9.17, 15) is 9.18 Å². The first-order valence-electron chi connectivity index (χ1n) is 4.55. The maximum absolute atomic E-state index is 12.4. The van der Waals surface area contributed by atoms with Crippen molar-refractivity contribution in [1.29, 1.82) is 0 Å². The third-order valence-electron chi connectivity index (χ3n) is 1.83. The molecule has 1 atom stereocenters. The molecule has 0 unspecified atom stereocenters. The summed E-state index contributed by atoms with van der Waals surface area (Å²) < 4.78 is 12.4. The molecule has 0 aromatic heterocycles. The highest BCUT2D eigenvalue weighted by Gasteiger charge is 2.13. The predicted molar refractivity (Wildman–Crippen MR) is 45.9 cm³/mol. The zero-order chi connectivity index (χ0) is 9.40. The van der Waals surface area contributed by atoms with Gasteiger partial charge in [-0.25, -0.2) is 9.18 Å². The van der Waals surface area contributed by atoms with Crippen molar-refractivity contribution in [2.24, 2.45) is 0 Å². The summed E-state index contributed by atoms with van der Waals surface area (Å²) in [6, 6.07) is 0. The molecule has 72 valence electrons.